The van der Waals surface area contributed by atoms with Gasteiger partial charge in [-0.25, -0.2) is 9.67 Å². The highest BCUT2D eigenvalue weighted by Crippen LogP contribution is 2.55. The molecule has 2 atom stereocenters. The minimum Gasteiger partial charge on any atom is -0.380 e. The lowest BCUT2D eigenvalue weighted by atomic mass is 9.87. The number of aryl methyl sites for hydroxylation is 1. The first-order chi connectivity index (χ1) is 19.6. The summed E-state index contributed by atoms with van der Waals surface area (Å²) >= 11 is 6.67. The van der Waals surface area contributed by atoms with E-state index in [4.69, 9.17) is 11.6 Å². The number of halogens is 5. The van der Waals surface area contributed by atoms with Crippen molar-refractivity contribution in [2.45, 2.75) is 71.3 Å². The maximum absolute atomic E-state index is 13.9. The number of rotatable bonds is 7. The van der Waals surface area contributed by atoms with Crippen LogP contribution in [-0.4, -0.2) is 37.2 Å². The molecule has 1 aromatic carbocycles. The van der Waals surface area contributed by atoms with Crippen molar-refractivity contribution < 1.29 is 17.6 Å². The molecule has 1 saturated carbocycles. The van der Waals surface area contributed by atoms with Crippen molar-refractivity contribution in [3.8, 4) is 6.07 Å². The number of nitrogens with one attached hydrogen (secondary N) is 2. The van der Waals surface area contributed by atoms with E-state index in [9.17, 15) is 22.8 Å². The summed E-state index contributed by atoms with van der Waals surface area (Å²) in [6, 6.07) is 7.34. The summed E-state index contributed by atoms with van der Waals surface area (Å²) < 4.78 is 56.2. The summed E-state index contributed by atoms with van der Waals surface area (Å²) in [4.78, 5) is 8.30. The molecule has 13 heteroatoms. The Morgan fingerprint density at radius 1 is 1.14 bits per heavy atom. The number of alkyl halides is 3. The minimum atomic E-state index is -4.49. The third kappa shape index (κ3) is 5.33. The van der Waals surface area contributed by atoms with Crippen LogP contribution in [0.25, 0.3) is 10.9 Å². The Morgan fingerprint density at radius 2 is 1.86 bits per heavy atom. The molecule has 2 N–H and O–H groups in total. The molecule has 0 bridgehead atoms. The van der Waals surface area contributed by atoms with Gasteiger partial charge in [0.05, 0.1) is 34.0 Å². The van der Waals surface area contributed by atoms with Crippen LogP contribution in [0.2, 0.25) is 5.02 Å². The molecule has 3 heterocycles. The van der Waals surface area contributed by atoms with Crippen LogP contribution in [-0.2, 0) is 5.54 Å². The lowest BCUT2D eigenvalue weighted by Gasteiger charge is -2.30. The molecule has 2 unspecified atom stereocenters. The smallest absolute Gasteiger partial charge is 0.380 e. The monoisotopic (exact) mass is 600 g/mol. The number of hydrogen-bond donors (Lipinski definition) is 2. The Balaban J connectivity index is 1.62. The molecule has 0 amide bonds. The summed E-state index contributed by atoms with van der Waals surface area (Å²) in [7, 11) is 0. The van der Waals surface area contributed by atoms with E-state index in [1.165, 1.54) is 24.5 Å². The number of hydrogen-bond acceptors (Lipinski definition) is 7. The lowest BCUT2D eigenvalue weighted by molar-refractivity contribution is -0.182. The van der Waals surface area contributed by atoms with E-state index in [0.717, 1.165) is 4.68 Å². The first-order valence-corrected chi connectivity index (χ1v) is 13.7. The van der Waals surface area contributed by atoms with Crippen molar-refractivity contribution in [2.24, 2.45) is 5.41 Å². The fourth-order valence-electron chi connectivity index (χ4n) is 4.72. The van der Waals surface area contributed by atoms with Crippen molar-refractivity contribution >= 4 is 33.9 Å². The molecule has 4 aromatic rings. The zero-order valence-electron chi connectivity index (χ0n) is 23.6. The maximum atomic E-state index is 13.9. The van der Waals surface area contributed by atoms with Gasteiger partial charge in [0.25, 0.3) is 0 Å². The molecule has 220 valence electrons. The van der Waals surface area contributed by atoms with Crippen LogP contribution in [0.1, 0.15) is 69.1 Å². The molecular weight excluding hydrogens is 572 g/mol. The third-order valence-corrected chi connectivity index (χ3v) is 8.20. The average molecular weight is 601 g/mol. The number of nitrogens with zero attached hydrogens (tertiary/aromatic N) is 6. The van der Waals surface area contributed by atoms with Crippen LogP contribution in [0.4, 0.5) is 28.9 Å². The van der Waals surface area contributed by atoms with Gasteiger partial charge in [0, 0.05) is 34.6 Å². The minimum absolute atomic E-state index is 0.0373. The molecular formula is C29H29ClF4N8. The maximum Gasteiger partial charge on any atom is 0.413 e. The van der Waals surface area contributed by atoms with Gasteiger partial charge in [-0.3, -0.25) is 4.98 Å². The predicted molar refractivity (Wildman–Crippen MR) is 152 cm³/mol. The molecule has 8 nitrogen and oxygen atoms in total. The highest BCUT2D eigenvalue weighted by atomic mass is 35.5. The van der Waals surface area contributed by atoms with Crippen molar-refractivity contribution in [3.05, 3.63) is 70.1 Å². The number of fused-ring (bicyclic) bond motifs is 1. The van der Waals surface area contributed by atoms with Crippen LogP contribution >= 0.6 is 11.6 Å². The number of pyridine rings is 2. The Labute approximate surface area is 245 Å². The second-order valence-corrected chi connectivity index (χ2v) is 12.2. The largest absolute Gasteiger partial charge is 0.413 e. The van der Waals surface area contributed by atoms with Crippen LogP contribution in [0, 0.1) is 29.6 Å². The van der Waals surface area contributed by atoms with Crippen molar-refractivity contribution in [1.82, 2.24) is 25.0 Å². The van der Waals surface area contributed by atoms with E-state index in [1.54, 1.807) is 19.1 Å². The summed E-state index contributed by atoms with van der Waals surface area (Å²) in [5.41, 5.74) is 0.577. The van der Waals surface area contributed by atoms with Gasteiger partial charge in [0.15, 0.2) is 5.54 Å². The zero-order chi connectivity index (χ0) is 30.6. The molecule has 1 aliphatic rings. The summed E-state index contributed by atoms with van der Waals surface area (Å²) in [6.45, 7) is 9.82. The first kappa shape index (κ1) is 29.5. The van der Waals surface area contributed by atoms with Gasteiger partial charge in [-0.15, -0.1) is 5.10 Å². The van der Waals surface area contributed by atoms with Gasteiger partial charge in [-0.2, -0.15) is 22.8 Å². The van der Waals surface area contributed by atoms with Gasteiger partial charge in [0.1, 0.15) is 11.8 Å². The zero-order valence-corrected chi connectivity index (χ0v) is 24.4. The molecule has 1 aliphatic carbocycles. The van der Waals surface area contributed by atoms with E-state index in [-0.39, 0.29) is 35.0 Å². The molecule has 42 heavy (non-hydrogen) atoms. The highest BCUT2D eigenvalue weighted by molar-refractivity contribution is 6.35. The molecule has 3 aromatic heterocycles. The lowest BCUT2D eigenvalue weighted by Crippen LogP contribution is -2.35. The SMILES string of the molecule is Cc1nc(F)ccc1C(Nc1cc(Cl)c2ncc(C#N)c(NC(C)C(C)(C)C)c2c1)c1cn(C2(C(F)(F)F)CC2)nn1. The van der Waals surface area contributed by atoms with Gasteiger partial charge in [-0.1, -0.05) is 43.7 Å². The van der Waals surface area contributed by atoms with E-state index >= 15 is 0 Å². The summed E-state index contributed by atoms with van der Waals surface area (Å²) in [5.74, 6) is -0.694. The number of benzene rings is 1. The first-order valence-electron chi connectivity index (χ1n) is 13.3. The van der Waals surface area contributed by atoms with Gasteiger partial charge >= 0.3 is 6.18 Å². The Hall–Kier alpha value is -3.98. The molecule has 5 rings (SSSR count). The summed E-state index contributed by atoms with van der Waals surface area (Å²) in [5, 5.41) is 25.4. The van der Waals surface area contributed by atoms with E-state index in [2.05, 4.69) is 57.8 Å². The number of anilines is 2. The second-order valence-electron chi connectivity index (χ2n) is 11.7. The molecule has 0 saturated heterocycles. The predicted octanol–water partition coefficient (Wildman–Crippen LogP) is 7.29. The standard InChI is InChI=1S/C29H29ClF4N8/c1-15-19(6-7-23(31)37-15)26(22-14-42(41-40-22)28(8-9-28)29(32,33)34)39-18-10-20-24(38-16(2)27(3,4)5)17(12-35)13-36-25(20)21(30)11-18/h6-7,10-11,13-14,16,26,39H,8-9H2,1-5H3,(H,36,38). The molecule has 1 fully saturated rings. The van der Waals surface area contributed by atoms with Crippen LogP contribution in [0.15, 0.2) is 36.7 Å². The van der Waals surface area contributed by atoms with Crippen LogP contribution in [0.5, 0.6) is 0 Å². The highest BCUT2D eigenvalue weighted by Gasteiger charge is 2.66. The molecule has 0 spiro atoms. The topological polar surface area (TPSA) is 104 Å². The molecule has 0 aliphatic heterocycles. The Bertz CT molecular complexity index is 1700. The van der Waals surface area contributed by atoms with Crippen LogP contribution in [0.3, 0.4) is 0 Å². The van der Waals surface area contributed by atoms with Gasteiger partial charge in [-0.05, 0) is 50.3 Å². The average Bonchev–Trinajstić information content (AvgIpc) is 3.59. The van der Waals surface area contributed by atoms with Crippen molar-refractivity contribution in [3.63, 3.8) is 0 Å². The number of nitriles is 1. The van der Waals surface area contributed by atoms with Crippen LogP contribution < -0.4 is 10.6 Å². The quantitative estimate of drug-likeness (QED) is 0.169. The van der Waals surface area contributed by atoms with E-state index in [1.807, 2.05) is 6.92 Å². The third-order valence-electron chi connectivity index (χ3n) is 7.92. The Kier molecular flexibility index (Phi) is 7.29. The fraction of sp³-hybridized carbons (Fsp3) is 0.414. The number of aromatic nitrogens is 5. The van der Waals surface area contributed by atoms with Crippen molar-refractivity contribution in [2.75, 3.05) is 10.6 Å². The van der Waals surface area contributed by atoms with Crippen molar-refractivity contribution in [1.29, 1.82) is 5.26 Å². The molecule has 0 radical (unpaired) electrons. The fourth-order valence-corrected chi connectivity index (χ4v) is 4.99. The Morgan fingerprint density at radius 3 is 2.45 bits per heavy atom. The van der Waals surface area contributed by atoms with Gasteiger partial charge in [0.2, 0.25) is 5.95 Å². The normalized spacial score (nSPS) is 16.1. The van der Waals surface area contributed by atoms with E-state index < -0.39 is 23.7 Å². The van der Waals surface area contributed by atoms with E-state index in [0.29, 0.717) is 39.1 Å². The van der Waals surface area contributed by atoms with Gasteiger partial charge < -0.3 is 10.6 Å². The summed E-state index contributed by atoms with van der Waals surface area (Å²) in [6.07, 6.45) is -1.95. The second kappa shape index (κ2) is 10.4.